The maximum absolute atomic E-state index is 3.37. The Hall–Kier alpha value is -0.380. The van der Waals surface area contributed by atoms with E-state index in [0.29, 0.717) is 6.04 Å². The molecule has 0 saturated carbocycles. The third-order valence-electron chi connectivity index (χ3n) is 2.99. The van der Waals surface area contributed by atoms with Crippen molar-refractivity contribution in [3.05, 3.63) is 22.4 Å². The topological polar surface area (TPSA) is 15.3 Å². The van der Waals surface area contributed by atoms with E-state index in [4.69, 9.17) is 0 Å². The Morgan fingerprint density at radius 3 is 2.94 bits per heavy atom. The van der Waals surface area contributed by atoms with Crippen LogP contribution in [0.1, 0.15) is 32.3 Å². The molecule has 0 aliphatic carbocycles. The van der Waals surface area contributed by atoms with Crippen LogP contribution in [0.25, 0.3) is 0 Å². The number of nitrogens with one attached hydrogen (secondary N) is 1. The molecule has 0 saturated heterocycles. The van der Waals surface area contributed by atoms with Gasteiger partial charge < -0.3 is 5.32 Å². The molecule has 1 atom stereocenters. The maximum atomic E-state index is 3.37. The zero-order valence-electron chi connectivity index (χ0n) is 10.7. The molecule has 2 nitrogen and oxygen atoms in total. The zero-order valence-corrected chi connectivity index (χ0v) is 11.5. The zero-order chi connectivity index (χ0) is 11.8. The van der Waals surface area contributed by atoms with Crippen LogP contribution >= 0.6 is 11.3 Å². The molecule has 1 aromatic heterocycles. The van der Waals surface area contributed by atoms with Crippen LogP contribution in [0.2, 0.25) is 0 Å². The van der Waals surface area contributed by atoms with Crippen LogP contribution in [0.4, 0.5) is 0 Å². The molecule has 92 valence electrons. The van der Waals surface area contributed by atoms with Gasteiger partial charge in [-0.25, -0.2) is 0 Å². The van der Waals surface area contributed by atoms with Gasteiger partial charge in [0.15, 0.2) is 0 Å². The van der Waals surface area contributed by atoms with Crippen LogP contribution in [0.3, 0.4) is 0 Å². The average Bonchev–Trinajstić information content (AvgIpc) is 2.76. The molecule has 3 heteroatoms. The van der Waals surface area contributed by atoms with Crippen molar-refractivity contribution in [3.8, 4) is 0 Å². The molecule has 1 aromatic rings. The molecule has 0 radical (unpaired) electrons. The molecule has 1 unspecified atom stereocenters. The molecule has 1 rings (SSSR count). The summed E-state index contributed by atoms with van der Waals surface area (Å²) in [6, 6.07) is 2.88. The third kappa shape index (κ3) is 5.10. The van der Waals surface area contributed by atoms with Crippen molar-refractivity contribution in [2.45, 2.75) is 39.3 Å². The first kappa shape index (κ1) is 13.7. The first-order chi connectivity index (χ1) is 7.74. The van der Waals surface area contributed by atoms with Gasteiger partial charge in [0.1, 0.15) is 0 Å². The largest absolute Gasteiger partial charge is 0.317 e. The smallest absolute Gasteiger partial charge is 0.0241 e. The van der Waals surface area contributed by atoms with E-state index in [-0.39, 0.29) is 0 Å². The Morgan fingerprint density at radius 2 is 2.31 bits per heavy atom. The molecule has 1 N–H and O–H groups in total. The van der Waals surface area contributed by atoms with E-state index in [1.807, 2.05) is 0 Å². The van der Waals surface area contributed by atoms with Crippen LogP contribution in [-0.2, 0) is 6.54 Å². The summed E-state index contributed by atoms with van der Waals surface area (Å²) in [5, 5.41) is 7.76. The van der Waals surface area contributed by atoms with E-state index in [1.165, 1.54) is 18.4 Å². The number of rotatable bonds is 8. The van der Waals surface area contributed by atoms with Gasteiger partial charge in [0.05, 0.1) is 0 Å². The minimum Gasteiger partial charge on any atom is -0.317 e. The highest BCUT2D eigenvalue weighted by Gasteiger charge is 2.09. The van der Waals surface area contributed by atoms with Crippen molar-refractivity contribution in [2.75, 3.05) is 20.1 Å². The normalized spacial score (nSPS) is 13.2. The van der Waals surface area contributed by atoms with Gasteiger partial charge in [-0.05, 0) is 62.3 Å². The van der Waals surface area contributed by atoms with Gasteiger partial charge in [-0.3, -0.25) is 4.90 Å². The second-order valence-corrected chi connectivity index (χ2v) is 5.17. The summed E-state index contributed by atoms with van der Waals surface area (Å²) in [7, 11) is 2.22. The van der Waals surface area contributed by atoms with E-state index in [1.54, 1.807) is 11.3 Å². The highest BCUT2D eigenvalue weighted by molar-refractivity contribution is 7.07. The molecule has 0 spiro atoms. The van der Waals surface area contributed by atoms with Crippen molar-refractivity contribution < 1.29 is 0 Å². The summed E-state index contributed by atoms with van der Waals surface area (Å²) in [6.45, 7) is 7.78. The van der Waals surface area contributed by atoms with Gasteiger partial charge in [0.2, 0.25) is 0 Å². The summed E-state index contributed by atoms with van der Waals surface area (Å²) in [4.78, 5) is 2.44. The molecule has 0 bridgehead atoms. The predicted octanol–water partition coefficient (Wildman–Crippen LogP) is 2.96. The Balaban J connectivity index is 2.17. The van der Waals surface area contributed by atoms with Gasteiger partial charge in [0, 0.05) is 12.6 Å². The number of nitrogens with zero attached hydrogens (tertiary/aromatic N) is 1. The molecule has 0 fully saturated rings. The molecule has 0 aliphatic rings. The minimum absolute atomic E-state index is 0.665. The van der Waals surface area contributed by atoms with Crippen LogP contribution in [-0.4, -0.2) is 31.1 Å². The van der Waals surface area contributed by atoms with Crippen molar-refractivity contribution in [2.24, 2.45) is 0 Å². The van der Waals surface area contributed by atoms with Gasteiger partial charge >= 0.3 is 0 Å². The molecule has 0 aliphatic heterocycles. The predicted molar refractivity (Wildman–Crippen MR) is 73.0 cm³/mol. The molecule has 1 heterocycles. The van der Waals surface area contributed by atoms with Crippen LogP contribution in [0, 0.1) is 0 Å². The molecule has 16 heavy (non-hydrogen) atoms. The van der Waals surface area contributed by atoms with Crippen molar-refractivity contribution in [3.63, 3.8) is 0 Å². The molecular formula is C13H24N2S. The SMILES string of the molecule is CCNCCCC(C)N(C)Cc1ccsc1. The van der Waals surface area contributed by atoms with E-state index < -0.39 is 0 Å². The second-order valence-electron chi connectivity index (χ2n) is 4.39. The number of thiophene rings is 1. The summed E-state index contributed by atoms with van der Waals surface area (Å²) in [5.41, 5.74) is 1.44. The standard InChI is InChI=1S/C13H24N2S/c1-4-14-8-5-6-12(2)15(3)10-13-7-9-16-11-13/h7,9,11-12,14H,4-6,8,10H2,1-3H3. The fraction of sp³-hybridized carbons (Fsp3) is 0.692. The summed E-state index contributed by atoms with van der Waals surface area (Å²) >= 11 is 1.78. The summed E-state index contributed by atoms with van der Waals surface area (Å²) < 4.78 is 0. The van der Waals surface area contributed by atoms with Gasteiger partial charge in [-0.2, -0.15) is 11.3 Å². The lowest BCUT2D eigenvalue weighted by Gasteiger charge is -2.24. The van der Waals surface area contributed by atoms with E-state index in [9.17, 15) is 0 Å². The van der Waals surface area contributed by atoms with Gasteiger partial charge in [-0.15, -0.1) is 0 Å². The minimum atomic E-state index is 0.665. The monoisotopic (exact) mass is 240 g/mol. The first-order valence-corrected chi connectivity index (χ1v) is 7.10. The van der Waals surface area contributed by atoms with E-state index >= 15 is 0 Å². The Morgan fingerprint density at radius 1 is 1.50 bits per heavy atom. The van der Waals surface area contributed by atoms with Crippen molar-refractivity contribution in [1.29, 1.82) is 0 Å². The molecule has 0 aromatic carbocycles. The summed E-state index contributed by atoms with van der Waals surface area (Å²) in [6.07, 6.45) is 2.54. The number of hydrogen-bond acceptors (Lipinski definition) is 3. The van der Waals surface area contributed by atoms with Gasteiger partial charge in [0.25, 0.3) is 0 Å². The maximum Gasteiger partial charge on any atom is 0.0241 e. The third-order valence-corrected chi connectivity index (χ3v) is 3.72. The Bertz CT molecular complexity index is 259. The van der Waals surface area contributed by atoms with E-state index in [2.05, 4.69) is 47.9 Å². The fourth-order valence-corrected chi connectivity index (χ4v) is 2.41. The average molecular weight is 240 g/mol. The highest BCUT2D eigenvalue weighted by atomic mass is 32.1. The van der Waals surface area contributed by atoms with Crippen LogP contribution < -0.4 is 5.32 Å². The van der Waals surface area contributed by atoms with Crippen LogP contribution in [0.15, 0.2) is 16.8 Å². The van der Waals surface area contributed by atoms with Crippen molar-refractivity contribution >= 4 is 11.3 Å². The van der Waals surface area contributed by atoms with Crippen molar-refractivity contribution in [1.82, 2.24) is 10.2 Å². The lowest BCUT2D eigenvalue weighted by atomic mass is 10.1. The first-order valence-electron chi connectivity index (χ1n) is 6.16. The summed E-state index contributed by atoms with van der Waals surface area (Å²) in [5.74, 6) is 0. The highest BCUT2D eigenvalue weighted by Crippen LogP contribution is 2.12. The molecular weight excluding hydrogens is 216 g/mol. The van der Waals surface area contributed by atoms with E-state index in [0.717, 1.165) is 19.6 Å². The molecule has 0 amide bonds. The lowest BCUT2D eigenvalue weighted by Crippen LogP contribution is -2.29. The van der Waals surface area contributed by atoms with Gasteiger partial charge in [-0.1, -0.05) is 6.92 Å². The fourth-order valence-electron chi connectivity index (χ4n) is 1.75. The van der Waals surface area contributed by atoms with Crippen LogP contribution in [0.5, 0.6) is 0 Å². The Labute approximate surface area is 104 Å². The number of hydrogen-bond donors (Lipinski definition) is 1. The quantitative estimate of drug-likeness (QED) is 0.703. The Kier molecular flexibility index (Phi) is 6.69. The second kappa shape index (κ2) is 7.82. The lowest BCUT2D eigenvalue weighted by molar-refractivity contribution is 0.235.